The van der Waals surface area contributed by atoms with Crippen LogP contribution in [0.4, 0.5) is 0 Å². The van der Waals surface area contributed by atoms with E-state index in [1.54, 1.807) is 0 Å². The van der Waals surface area contributed by atoms with Crippen LogP contribution in [0, 0.1) is 0 Å². The van der Waals surface area contributed by atoms with Crippen LogP contribution in [-0.2, 0) is 9.59 Å². The van der Waals surface area contributed by atoms with Crippen molar-refractivity contribution in [3.8, 4) is 0 Å². The third kappa shape index (κ3) is 9.14. The minimum atomic E-state index is -0.299. The molecule has 0 aromatic rings. The van der Waals surface area contributed by atoms with Crippen LogP contribution in [0.2, 0.25) is 0 Å². The van der Waals surface area contributed by atoms with Gasteiger partial charge >= 0.3 is 0 Å². The van der Waals surface area contributed by atoms with Gasteiger partial charge in [0.1, 0.15) is 0 Å². The molecule has 0 aliphatic carbocycles. The van der Waals surface area contributed by atoms with Gasteiger partial charge in [0.05, 0.1) is 0 Å². The van der Waals surface area contributed by atoms with Crippen molar-refractivity contribution in [3.63, 3.8) is 0 Å². The number of unbranched alkanes of at least 4 members (excludes halogenated alkanes) is 1. The summed E-state index contributed by atoms with van der Waals surface area (Å²) in [5.41, 5.74) is 4.94. The second-order valence-electron chi connectivity index (χ2n) is 2.71. The second kappa shape index (κ2) is 7.86. The second-order valence-corrected chi connectivity index (χ2v) is 3.09. The Kier molecular flexibility index (Phi) is 7.39. The van der Waals surface area contributed by atoms with Gasteiger partial charge in [-0.2, -0.15) is 0 Å². The molecule has 0 bridgehead atoms. The molecule has 0 unspecified atom stereocenters. The molecular formula is C8H15ClN2O2. The van der Waals surface area contributed by atoms with Gasteiger partial charge in [-0.05, 0) is 12.8 Å². The number of nitrogens with one attached hydrogen (secondary N) is 1. The molecule has 0 radical (unpaired) electrons. The Morgan fingerprint density at radius 3 is 2.46 bits per heavy atom. The highest BCUT2D eigenvalue weighted by atomic mass is 35.5. The third-order valence-electron chi connectivity index (χ3n) is 1.49. The molecule has 0 saturated carbocycles. The highest BCUT2D eigenvalue weighted by molar-refractivity contribution is 6.18. The molecule has 0 aromatic heterocycles. The van der Waals surface area contributed by atoms with Crippen molar-refractivity contribution >= 4 is 23.4 Å². The van der Waals surface area contributed by atoms with E-state index >= 15 is 0 Å². The molecule has 5 heteroatoms. The van der Waals surface area contributed by atoms with E-state index in [4.69, 9.17) is 17.3 Å². The van der Waals surface area contributed by atoms with Crippen molar-refractivity contribution in [3.05, 3.63) is 0 Å². The largest absolute Gasteiger partial charge is 0.370 e. The first-order chi connectivity index (χ1) is 6.16. The Balaban J connectivity index is 3.16. The maximum atomic E-state index is 10.9. The summed E-state index contributed by atoms with van der Waals surface area (Å²) < 4.78 is 0. The summed E-state index contributed by atoms with van der Waals surface area (Å²) in [6, 6.07) is 0. The van der Waals surface area contributed by atoms with E-state index in [0.717, 1.165) is 12.8 Å². The summed E-state index contributed by atoms with van der Waals surface area (Å²) >= 11 is 5.36. The van der Waals surface area contributed by atoms with Crippen molar-refractivity contribution in [1.29, 1.82) is 0 Å². The molecule has 0 saturated heterocycles. The summed E-state index contributed by atoms with van der Waals surface area (Å²) in [5.74, 6) is -0.00575. The van der Waals surface area contributed by atoms with Crippen LogP contribution in [-0.4, -0.2) is 24.2 Å². The molecule has 76 valence electrons. The van der Waals surface area contributed by atoms with E-state index in [9.17, 15) is 9.59 Å². The highest BCUT2D eigenvalue weighted by Gasteiger charge is 1.98. The van der Waals surface area contributed by atoms with E-state index in [1.165, 1.54) is 0 Å². The van der Waals surface area contributed by atoms with Gasteiger partial charge < -0.3 is 11.1 Å². The maximum Gasteiger partial charge on any atom is 0.221 e. The molecule has 2 amide bonds. The van der Waals surface area contributed by atoms with Gasteiger partial charge in [0.15, 0.2) is 0 Å². The zero-order valence-electron chi connectivity index (χ0n) is 7.51. The number of hydrogen-bond acceptors (Lipinski definition) is 2. The number of rotatable bonds is 7. The first-order valence-electron chi connectivity index (χ1n) is 4.27. The number of primary amides is 1. The number of halogens is 1. The first kappa shape index (κ1) is 12.2. The van der Waals surface area contributed by atoms with Gasteiger partial charge in [0.25, 0.3) is 0 Å². The minimum Gasteiger partial charge on any atom is -0.370 e. The standard InChI is InChI=1S/C8H15ClN2O2/c9-5-4-8(13)11-6-2-1-3-7(10)12/h1-6H2,(H2,10,12)(H,11,13). The van der Waals surface area contributed by atoms with Crippen LogP contribution in [0.5, 0.6) is 0 Å². The molecular weight excluding hydrogens is 192 g/mol. The average molecular weight is 207 g/mol. The molecule has 0 heterocycles. The van der Waals surface area contributed by atoms with Crippen molar-refractivity contribution in [2.24, 2.45) is 5.73 Å². The Bertz CT molecular complexity index is 174. The smallest absolute Gasteiger partial charge is 0.221 e. The molecule has 0 rings (SSSR count). The quantitative estimate of drug-likeness (QED) is 0.467. The zero-order chi connectivity index (χ0) is 10.1. The van der Waals surface area contributed by atoms with Crippen LogP contribution >= 0.6 is 11.6 Å². The summed E-state index contributed by atoms with van der Waals surface area (Å²) in [5, 5.41) is 2.68. The highest BCUT2D eigenvalue weighted by Crippen LogP contribution is 1.92. The number of nitrogens with two attached hydrogens (primary N) is 1. The van der Waals surface area contributed by atoms with Crippen molar-refractivity contribution in [2.75, 3.05) is 12.4 Å². The molecule has 4 nitrogen and oxygen atoms in total. The van der Waals surface area contributed by atoms with Crippen LogP contribution in [0.1, 0.15) is 25.7 Å². The van der Waals surface area contributed by atoms with E-state index in [-0.39, 0.29) is 11.8 Å². The monoisotopic (exact) mass is 206 g/mol. The Hall–Kier alpha value is -0.770. The number of amides is 2. The Morgan fingerprint density at radius 2 is 1.92 bits per heavy atom. The van der Waals surface area contributed by atoms with Gasteiger partial charge in [-0.3, -0.25) is 9.59 Å². The predicted octanol–water partition coefficient (Wildman–Crippen LogP) is 0.387. The fourth-order valence-electron chi connectivity index (χ4n) is 0.826. The SMILES string of the molecule is NC(=O)CCCCNC(=O)CCCl. The lowest BCUT2D eigenvalue weighted by Crippen LogP contribution is -2.24. The van der Waals surface area contributed by atoms with E-state index in [0.29, 0.717) is 25.3 Å². The molecule has 0 aliphatic heterocycles. The van der Waals surface area contributed by atoms with Crippen molar-refractivity contribution in [1.82, 2.24) is 5.32 Å². The van der Waals surface area contributed by atoms with Gasteiger partial charge in [-0.25, -0.2) is 0 Å². The fourth-order valence-corrected chi connectivity index (χ4v) is 0.998. The Morgan fingerprint density at radius 1 is 1.23 bits per heavy atom. The molecule has 0 fully saturated rings. The summed E-state index contributed by atoms with van der Waals surface area (Å²) in [4.78, 5) is 21.2. The number of alkyl halides is 1. The molecule has 3 N–H and O–H groups in total. The van der Waals surface area contributed by atoms with Crippen LogP contribution < -0.4 is 11.1 Å². The van der Waals surface area contributed by atoms with E-state index in [1.807, 2.05) is 0 Å². The lowest BCUT2D eigenvalue weighted by atomic mass is 10.2. The average Bonchev–Trinajstić information content (AvgIpc) is 2.03. The van der Waals surface area contributed by atoms with Crippen molar-refractivity contribution < 1.29 is 9.59 Å². The lowest BCUT2D eigenvalue weighted by molar-refractivity contribution is -0.120. The zero-order valence-corrected chi connectivity index (χ0v) is 8.27. The number of hydrogen-bond donors (Lipinski definition) is 2. The molecule has 0 spiro atoms. The minimum absolute atomic E-state index is 0.0472. The molecule has 0 aliphatic rings. The van der Waals surface area contributed by atoms with Crippen molar-refractivity contribution in [2.45, 2.75) is 25.7 Å². The summed E-state index contributed by atoms with van der Waals surface area (Å²) in [7, 11) is 0. The van der Waals surface area contributed by atoms with E-state index in [2.05, 4.69) is 5.32 Å². The molecule has 0 aromatic carbocycles. The van der Waals surface area contributed by atoms with Crippen LogP contribution in [0.25, 0.3) is 0 Å². The van der Waals surface area contributed by atoms with Gasteiger partial charge in [0, 0.05) is 25.3 Å². The Labute approximate surface area is 82.8 Å². The van der Waals surface area contributed by atoms with Crippen LogP contribution in [0.15, 0.2) is 0 Å². The molecule has 0 atom stereocenters. The predicted molar refractivity (Wildman–Crippen MR) is 51.4 cm³/mol. The third-order valence-corrected chi connectivity index (χ3v) is 1.68. The maximum absolute atomic E-state index is 10.9. The summed E-state index contributed by atoms with van der Waals surface area (Å²) in [6.45, 7) is 0.586. The molecule has 13 heavy (non-hydrogen) atoms. The first-order valence-corrected chi connectivity index (χ1v) is 4.81. The fraction of sp³-hybridized carbons (Fsp3) is 0.750. The topological polar surface area (TPSA) is 72.2 Å². The summed E-state index contributed by atoms with van der Waals surface area (Å²) in [6.07, 6.45) is 2.22. The normalized spacial score (nSPS) is 9.62. The van der Waals surface area contributed by atoms with Crippen LogP contribution in [0.3, 0.4) is 0 Å². The van der Waals surface area contributed by atoms with Gasteiger partial charge in [-0.15, -0.1) is 11.6 Å². The van der Waals surface area contributed by atoms with Gasteiger partial charge in [-0.1, -0.05) is 0 Å². The van der Waals surface area contributed by atoms with Gasteiger partial charge in [0.2, 0.25) is 11.8 Å². The number of carbonyl (C=O) groups is 2. The van der Waals surface area contributed by atoms with E-state index < -0.39 is 0 Å². The lowest BCUT2D eigenvalue weighted by Gasteiger charge is -2.02. The number of carbonyl (C=O) groups excluding carboxylic acids is 2.